The average Bonchev–Trinajstić information content (AvgIpc) is 2.04. The van der Waals surface area contributed by atoms with Gasteiger partial charge >= 0.3 is 89.2 Å². The van der Waals surface area contributed by atoms with Crippen molar-refractivity contribution in [2.24, 2.45) is 0 Å². The van der Waals surface area contributed by atoms with Crippen molar-refractivity contribution in [1.29, 1.82) is 0 Å². The summed E-state index contributed by atoms with van der Waals surface area (Å²) in [5.41, 5.74) is 0. The molecule has 1 radical (unpaired) electrons. The monoisotopic (exact) mass is 283 g/mol. The van der Waals surface area contributed by atoms with Gasteiger partial charge in [0.15, 0.2) is 0 Å². The molecule has 0 N–H and O–H groups in total. The summed E-state index contributed by atoms with van der Waals surface area (Å²) in [7, 11) is 0. The van der Waals surface area contributed by atoms with E-state index in [0.29, 0.717) is 0 Å². The second-order valence-corrected chi connectivity index (χ2v) is 15.0. The van der Waals surface area contributed by atoms with Gasteiger partial charge in [0.1, 0.15) is 0 Å². The molecule has 0 nitrogen and oxygen atoms in total. The van der Waals surface area contributed by atoms with Gasteiger partial charge < -0.3 is 0 Å². The van der Waals surface area contributed by atoms with E-state index in [9.17, 15) is 0 Å². The fourth-order valence-electron chi connectivity index (χ4n) is 1.96. The molecule has 0 fully saturated rings. The molecular weight excluding hydrogens is 263 g/mol. The van der Waals surface area contributed by atoms with Crippen LogP contribution < -0.4 is 3.58 Å². The summed E-state index contributed by atoms with van der Waals surface area (Å²) < 4.78 is 3.52. The predicted molar refractivity (Wildman–Crippen MR) is 62.0 cm³/mol. The van der Waals surface area contributed by atoms with Crippen LogP contribution in [-0.4, -0.2) is 19.8 Å². The summed E-state index contributed by atoms with van der Waals surface area (Å²) >= 11 is -1.34. The van der Waals surface area contributed by atoms with Crippen LogP contribution in [0.1, 0.15) is 27.7 Å². The van der Waals surface area contributed by atoms with E-state index in [4.69, 9.17) is 0 Å². The minimum absolute atomic E-state index is 0.921. The number of hydrogen-bond acceptors (Lipinski definition) is 0. The van der Waals surface area contributed by atoms with Crippen LogP contribution in [0, 0.1) is 0 Å². The summed E-state index contributed by atoms with van der Waals surface area (Å²) in [5, 5.41) is 0. The normalized spacial score (nSPS) is 11.6. The van der Waals surface area contributed by atoms with Crippen molar-refractivity contribution < 1.29 is 0 Å². The molecule has 0 spiro atoms. The summed E-state index contributed by atoms with van der Waals surface area (Å²) in [6.07, 6.45) is 0. The van der Waals surface area contributed by atoms with Crippen molar-refractivity contribution in [1.82, 2.24) is 0 Å². The number of rotatable bonds is 3. The number of benzene rings is 1. The third-order valence-electron chi connectivity index (χ3n) is 2.35. The van der Waals surface area contributed by atoms with Gasteiger partial charge in [0.05, 0.1) is 0 Å². The van der Waals surface area contributed by atoms with E-state index in [2.05, 4.69) is 58.0 Å². The first-order valence-electron chi connectivity index (χ1n) is 5.05. The van der Waals surface area contributed by atoms with Crippen molar-refractivity contribution in [3.8, 4) is 0 Å². The van der Waals surface area contributed by atoms with Crippen LogP contribution in [-0.2, 0) is 0 Å². The molecule has 1 aromatic rings. The molecule has 0 aliphatic rings. The zero-order valence-corrected chi connectivity index (χ0v) is 11.9. The van der Waals surface area contributed by atoms with Crippen molar-refractivity contribution in [3.63, 3.8) is 0 Å². The fourth-order valence-corrected chi connectivity index (χ4v) is 11.2. The summed E-state index contributed by atoms with van der Waals surface area (Å²) in [5.74, 6) is 0. The van der Waals surface area contributed by atoms with Gasteiger partial charge in [-0.05, 0) is 0 Å². The third-order valence-corrected chi connectivity index (χ3v) is 12.3. The molecule has 0 atom stereocenters. The fraction of sp³-hybridized carbons (Fsp3) is 0.500. The molecule has 13 heavy (non-hydrogen) atoms. The van der Waals surface area contributed by atoms with E-state index in [1.54, 1.807) is 3.58 Å². The van der Waals surface area contributed by atoms with E-state index >= 15 is 0 Å². The van der Waals surface area contributed by atoms with E-state index < -0.39 is 19.8 Å². The van der Waals surface area contributed by atoms with Crippen molar-refractivity contribution >= 4 is 23.3 Å². The Morgan fingerprint density at radius 2 is 1.31 bits per heavy atom. The van der Waals surface area contributed by atoms with Gasteiger partial charge in [0.25, 0.3) is 0 Å². The Bertz CT molecular complexity index is 231. The van der Waals surface area contributed by atoms with Gasteiger partial charge in [-0.3, -0.25) is 0 Å². The molecule has 0 amide bonds. The Kier molecular flexibility index (Phi) is 4.30. The van der Waals surface area contributed by atoms with Gasteiger partial charge in [0, 0.05) is 0 Å². The Labute approximate surface area is 89.1 Å². The van der Waals surface area contributed by atoms with Crippen molar-refractivity contribution in [3.05, 3.63) is 30.3 Å². The SMILES string of the molecule is C[CH](C)[Sn]([c]1ccccc1)[CH](C)C. The topological polar surface area (TPSA) is 0 Å². The molecule has 1 rings (SSSR count). The maximum absolute atomic E-state index is 2.39. The second kappa shape index (κ2) is 5.04. The van der Waals surface area contributed by atoms with Crippen molar-refractivity contribution in [2.45, 2.75) is 35.6 Å². The third kappa shape index (κ3) is 3.01. The first kappa shape index (κ1) is 11.1. The maximum atomic E-state index is 2.39. The zero-order valence-electron chi connectivity index (χ0n) is 9.04. The van der Waals surface area contributed by atoms with Crippen LogP contribution >= 0.6 is 0 Å². The molecule has 0 aliphatic carbocycles. The quantitative estimate of drug-likeness (QED) is 0.747. The predicted octanol–water partition coefficient (Wildman–Crippen LogP) is 3.21. The van der Waals surface area contributed by atoms with Gasteiger partial charge in [0.2, 0.25) is 0 Å². The zero-order chi connectivity index (χ0) is 9.84. The Morgan fingerprint density at radius 1 is 0.846 bits per heavy atom. The van der Waals surface area contributed by atoms with Gasteiger partial charge in [-0.1, -0.05) is 0 Å². The van der Waals surface area contributed by atoms with Crippen LogP contribution in [0.5, 0.6) is 0 Å². The van der Waals surface area contributed by atoms with E-state index in [1.165, 1.54) is 0 Å². The molecule has 71 valence electrons. The summed E-state index contributed by atoms with van der Waals surface area (Å²) in [4.78, 5) is 0. The molecule has 0 aliphatic heterocycles. The molecular formula is C12H19Sn. The number of hydrogen-bond donors (Lipinski definition) is 0. The van der Waals surface area contributed by atoms with E-state index in [-0.39, 0.29) is 0 Å². The Balaban J connectivity index is 2.89. The molecule has 0 aromatic heterocycles. The van der Waals surface area contributed by atoms with Crippen LogP contribution in [0.25, 0.3) is 0 Å². The van der Waals surface area contributed by atoms with Crippen LogP contribution in [0.4, 0.5) is 0 Å². The molecule has 0 saturated heterocycles. The Morgan fingerprint density at radius 3 is 1.69 bits per heavy atom. The standard InChI is InChI=1S/C6H5.2C3H7.Sn/c1-2-4-6-5-3-1;2*1-3-2;/h1-5H;2*3H,1-2H3;. The average molecular weight is 282 g/mol. The molecule has 0 heterocycles. The van der Waals surface area contributed by atoms with E-state index in [0.717, 1.165) is 7.87 Å². The molecule has 1 heteroatoms. The summed E-state index contributed by atoms with van der Waals surface area (Å²) in [6.45, 7) is 9.56. The summed E-state index contributed by atoms with van der Waals surface area (Å²) in [6, 6.07) is 11.1. The van der Waals surface area contributed by atoms with E-state index in [1.807, 2.05) is 0 Å². The van der Waals surface area contributed by atoms with Gasteiger partial charge in [-0.15, -0.1) is 0 Å². The van der Waals surface area contributed by atoms with Crippen LogP contribution in [0.2, 0.25) is 7.87 Å². The van der Waals surface area contributed by atoms with Gasteiger partial charge in [-0.2, -0.15) is 0 Å². The van der Waals surface area contributed by atoms with Crippen molar-refractivity contribution in [2.75, 3.05) is 0 Å². The first-order valence-corrected chi connectivity index (χ1v) is 9.77. The molecule has 0 unspecified atom stereocenters. The van der Waals surface area contributed by atoms with Gasteiger partial charge in [-0.25, -0.2) is 0 Å². The second-order valence-electron chi connectivity index (χ2n) is 4.13. The molecule has 0 bridgehead atoms. The van der Waals surface area contributed by atoms with Crippen LogP contribution in [0.15, 0.2) is 30.3 Å². The first-order chi connectivity index (χ1) is 6.13. The van der Waals surface area contributed by atoms with Crippen LogP contribution in [0.3, 0.4) is 0 Å². The molecule has 1 aromatic carbocycles. The minimum atomic E-state index is -1.34. The molecule has 0 saturated carbocycles. The Hall–Kier alpha value is 0.0187.